The molecule has 1 heterocycles. The Morgan fingerprint density at radius 2 is 1.92 bits per heavy atom. The van der Waals surface area contributed by atoms with Gasteiger partial charge in [-0.1, -0.05) is 23.7 Å². The maximum atomic E-state index is 13.5. The number of rotatable bonds is 2. The fraction of sp³-hybridized carbons (Fsp3) is 0.353. The molecule has 0 aliphatic heterocycles. The maximum absolute atomic E-state index is 13.5. The molecule has 1 aliphatic carbocycles. The van der Waals surface area contributed by atoms with E-state index in [0.29, 0.717) is 24.1 Å². The number of amides is 2. The fourth-order valence-corrected chi connectivity index (χ4v) is 3.44. The lowest BCUT2D eigenvalue weighted by Crippen LogP contribution is -2.35. The van der Waals surface area contributed by atoms with Crippen LogP contribution in [0.25, 0.3) is 0 Å². The Hall–Kier alpha value is -2.35. The van der Waals surface area contributed by atoms with Gasteiger partial charge >= 0.3 is 12.2 Å². The van der Waals surface area contributed by atoms with E-state index in [9.17, 15) is 18.0 Å². The molecule has 138 valence electrons. The second-order valence-electron chi connectivity index (χ2n) is 6.08. The van der Waals surface area contributed by atoms with E-state index >= 15 is 0 Å². The number of fused-ring (bicyclic) bond motifs is 1. The molecule has 0 saturated heterocycles. The summed E-state index contributed by atoms with van der Waals surface area (Å²) in [6, 6.07) is 3.84. The van der Waals surface area contributed by atoms with Gasteiger partial charge in [0, 0.05) is 11.3 Å². The Kier molecular flexibility index (Phi) is 4.79. The maximum Gasteiger partial charge on any atom is 0.433 e. The average Bonchev–Trinajstić information content (AvgIpc) is 2.56. The van der Waals surface area contributed by atoms with Crippen molar-refractivity contribution in [2.45, 2.75) is 38.8 Å². The zero-order chi connectivity index (χ0) is 19.1. The lowest BCUT2D eigenvalue weighted by atomic mass is 9.94. The molecule has 2 amide bonds. The van der Waals surface area contributed by atoms with Crippen molar-refractivity contribution in [3.05, 3.63) is 45.7 Å². The molecule has 9 heteroatoms. The molecule has 0 saturated carbocycles. The molecule has 1 aromatic carbocycles. The third-order valence-corrected chi connectivity index (χ3v) is 4.58. The largest absolute Gasteiger partial charge is 0.433 e. The number of para-hydroxylation sites is 1. The highest BCUT2D eigenvalue weighted by Crippen LogP contribution is 2.38. The number of carbonyl (C=O) groups excluding carboxylic acids is 1. The summed E-state index contributed by atoms with van der Waals surface area (Å²) in [6.45, 7) is 1.67. The number of aryl methyl sites for hydroxylation is 2. The first-order chi connectivity index (χ1) is 12.2. The van der Waals surface area contributed by atoms with Crippen LogP contribution in [0.2, 0.25) is 5.02 Å². The summed E-state index contributed by atoms with van der Waals surface area (Å²) < 4.78 is 40.6. The molecule has 0 fully saturated rings. The van der Waals surface area contributed by atoms with Crippen molar-refractivity contribution in [1.29, 1.82) is 0 Å². The number of primary amides is 1. The van der Waals surface area contributed by atoms with Gasteiger partial charge in [0.05, 0.1) is 10.7 Å². The Morgan fingerprint density at radius 3 is 2.54 bits per heavy atom. The molecule has 2 N–H and O–H groups in total. The third-order valence-electron chi connectivity index (χ3n) is 4.27. The van der Waals surface area contributed by atoms with Crippen LogP contribution in [0.5, 0.6) is 0 Å². The summed E-state index contributed by atoms with van der Waals surface area (Å²) in [6.07, 6.45) is -2.64. The number of aromatic nitrogens is 2. The Labute approximate surface area is 153 Å². The number of anilines is 2. The summed E-state index contributed by atoms with van der Waals surface area (Å²) in [5.41, 5.74) is 5.54. The van der Waals surface area contributed by atoms with Crippen LogP contribution in [0.15, 0.2) is 18.2 Å². The van der Waals surface area contributed by atoms with E-state index in [0.717, 1.165) is 11.3 Å². The van der Waals surface area contributed by atoms with Crippen LogP contribution in [0.3, 0.4) is 0 Å². The topological polar surface area (TPSA) is 72.1 Å². The monoisotopic (exact) mass is 384 g/mol. The fourth-order valence-electron chi connectivity index (χ4n) is 3.13. The van der Waals surface area contributed by atoms with E-state index in [2.05, 4.69) is 9.97 Å². The number of alkyl halides is 3. The minimum atomic E-state index is -4.65. The van der Waals surface area contributed by atoms with Crippen LogP contribution in [0.4, 0.5) is 29.6 Å². The first kappa shape index (κ1) is 18.4. The van der Waals surface area contributed by atoms with Crippen molar-refractivity contribution in [3.63, 3.8) is 0 Å². The molecule has 3 rings (SSSR count). The molecule has 1 aliphatic rings. The number of urea groups is 1. The van der Waals surface area contributed by atoms with Crippen molar-refractivity contribution in [3.8, 4) is 0 Å². The highest BCUT2D eigenvalue weighted by atomic mass is 35.5. The van der Waals surface area contributed by atoms with E-state index in [1.807, 2.05) is 0 Å². The van der Waals surface area contributed by atoms with Gasteiger partial charge in [0.2, 0.25) is 5.95 Å². The van der Waals surface area contributed by atoms with Crippen LogP contribution in [-0.2, 0) is 19.0 Å². The Bertz CT molecular complexity index is 850. The Morgan fingerprint density at radius 1 is 1.23 bits per heavy atom. The van der Waals surface area contributed by atoms with Crippen LogP contribution in [0, 0.1) is 6.92 Å². The second kappa shape index (κ2) is 6.75. The lowest BCUT2D eigenvalue weighted by molar-refractivity contribution is -0.142. The van der Waals surface area contributed by atoms with Crippen LogP contribution in [0.1, 0.15) is 35.4 Å². The van der Waals surface area contributed by atoms with Gasteiger partial charge < -0.3 is 5.73 Å². The van der Waals surface area contributed by atoms with Gasteiger partial charge in [0.1, 0.15) is 0 Å². The van der Waals surface area contributed by atoms with Crippen molar-refractivity contribution in [1.82, 2.24) is 9.97 Å². The van der Waals surface area contributed by atoms with Gasteiger partial charge in [-0.25, -0.2) is 19.7 Å². The minimum Gasteiger partial charge on any atom is -0.351 e. The van der Waals surface area contributed by atoms with Crippen molar-refractivity contribution >= 4 is 29.3 Å². The van der Waals surface area contributed by atoms with Gasteiger partial charge in [-0.3, -0.25) is 0 Å². The third kappa shape index (κ3) is 3.33. The molecule has 2 aromatic rings. The second-order valence-corrected chi connectivity index (χ2v) is 6.49. The van der Waals surface area contributed by atoms with Crippen LogP contribution < -0.4 is 10.6 Å². The van der Waals surface area contributed by atoms with E-state index in [1.165, 1.54) is 6.07 Å². The molecule has 0 atom stereocenters. The van der Waals surface area contributed by atoms with E-state index in [4.69, 9.17) is 17.3 Å². The van der Waals surface area contributed by atoms with Crippen LogP contribution >= 0.6 is 11.6 Å². The van der Waals surface area contributed by atoms with E-state index in [1.54, 1.807) is 19.1 Å². The van der Waals surface area contributed by atoms with E-state index < -0.39 is 23.8 Å². The smallest absolute Gasteiger partial charge is 0.351 e. The molecule has 0 unspecified atom stereocenters. The van der Waals surface area contributed by atoms with Gasteiger partial charge in [0.15, 0.2) is 5.69 Å². The average molecular weight is 385 g/mol. The highest BCUT2D eigenvalue weighted by Gasteiger charge is 2.39. The molecule has 0 bridgehead atoms. The molecule has 0 radical (unpaired) electrons. The lowest BCUT2D eigenvalue weighted by Gasteiger charge is -2.25. The summed E-state index contributed by atoms with van der Waals surface area (Å²) >= 11 is 6.16. The number of nitrogens with zero attached hydrogens (tertiary/aromatic N) is 3. The van der Waals surface area contributed by atoms with E-state index in [-0.39, 0.29) is 22.7 Å². The predicted octanol–water partition coefficient (Wildman–Crippen LogP) is 4.55. The standard InChI is InChI=1S/C17H16ClF3N4O/c1-9-5-4-7-11(18)13(9)25(15(22)26)16-23-12-8-3-2-6-10(12)14(24-16)17(19,20)21/h4-5,7H,2-3,6,8H2,1H3,(H2,22,26). The number of nitrogens with two attached hydrogens (primary N) is 1. The van der Waals surface area contributed by atoms with Crippen molar-refractivity contribution in [2.75, 3.05) is 4.90 Å². The normalized spacial score (nSPS) is 14.0. The SMILES string of the molecule is Cc1cccc(Cl)c1N(C(N)=O)c1nc2c(c(C(F)(F)F)n1)CCCC2. The molecular formula is C17H16ClF3N4O. The van der Waals surface area contributed by atoms with Crippen LogP contribution in [-0.4, -0.2) is 16.0 Å². The molecular weight excluding hydrogens is 369 g/mol. The molecule has 0 spiro atoms. The zero-order valence-electron chi connectivity index (χ0n) is 13.9. The molecule has 5 nitrogen and oxygen atoms in total. The zero-order valence-corrected chi connectivity index (χ0v) is 14.7. The first-order valence-electron chi connectivity index (χ1n) is 8.02. The number of benzene rings is 1. The number of hydrogen-bond acceptors (Lipinski definition) is 3. The minimum absolute atomic E-state index is 0.0906. The number of carbonyl (C=O) groups is 1. The number of halogens is 4. The van der Waals surface area contributed by atoms with Crippen molar-refractivity contribution in [2.24, 2.45) is 5.73 Å². The van der Waals surface area contributed by atoms with Gasteiger partial charge in [-0.15, -0.1) is 0 Å². The highest BCUT2D eigenvalue weighted by molar-refractivity contribution is 6.34. The van der Waals surface area contributed by atoms with Gasteiger partial charge in [0.25, 0.3) is 0 Å². The molecule has 1 aromatic heterocycles. The van der Waals surface area contributed by atoms with Crippen molar-refractivity contribution < 1.29 is 18.0 Å². The summed E-state index contributed by atoms with van der Waals surface area (Å²) in [5, 5.41) is 0.165. The van der Waals surface area contributed by atoms with Gasteiger partial charge in [-0.05, 0) is 44.2 Å². The summed E-state index contributed by atoms with van der Waals surface area (Å²) in [4.78, 5) is 20.8. The summed E-state index contributed by atoms with van der Waals surface area (Å²) in [7, 11) is 0. The predicted molar refractivity (Wildman–Crippen MR) is 91.6 cm³/mol. The molecule has 26 heavy (non-hydrogen) atoms. The van der Waals surface area contributed by atoms with Gasteiger partial charge in [-0.2, -0.15) is 13.2 Å². The Balaban J connectivity index is 2.25. The quantitative estimate of drug-likeness (QED) is 0.825. The first-order valence-corrected chi connectivity index (χ1v) is 8.39. The summed E-state index contributed by atoms with van der Waals surface area (Å²) in [5.74, 6) is -0.415. The number of hydrogen-bond donors (Lipinski definition) is 1.